The lowest BCUT2D eigenvalue weighted by Crippen LogP contribution is -2.16. The zero-order chi connectivity index (χ0) is 13.4. The maximum Gasteiger partial charge on any atom is 0.344 e. The van der Waals surface area contributed by atoms with Gasteiger partial charge in [-0.2, -0.15) is 0 Å². The first-order chi connectivity index (χ1) is 9.20. The van der Waals surface area contributed by atoms with E-state index in [0.29, 0.717) is 10.2 Å². The largest absolute Gasteiger partial charge is 0.392 e. The van der Waals surface area contributed by atoms with Crippen LogP contribution in [0.25, 0.3) is 0 Å². The zero-order valence-corrected chi connectivity index (χ0v) is 11.5. The number of benzene rings is 1. The Bertz CT molecular complexity index is 663. The Balaban J connectivity index is 2.00. The summed E-state index contributed by atoms with van der Waals surface area (Å²) in [4.78, 5) is 12.4. The predicted octanol–water partition coefficient (Wildman–Crippen LogP) is 2.20. The third-order valence-electron chi connectivity index (χ3n) is 3.00. The fourth-order valence-corrected chi connectivity index (χ4v) is 3.24. The van der Waals surface area contributed by atoms with Gasteiger partial charge < -0.3 is 5.11 Å². The lowest BCUT2D eigenvalue weighted by Gasteiger charge is -2.09. The average Bonchev–Trinajstić information content (AvgIpc) is 3.17. The van der Waals surface area contributed by atoms with E-state index in [2.05, 4.69) is 10.2 Å². The highest BCUT2D eigenvalue weighted by atomic mass is 35.5. The van der Waals surface area contributed by atoms with Crippen LogP contribution in [-0.4, -0.2) is 19.9 Å². The molecule has 1 aliphatic carbocycles. The van der Waals surface area contributed by atoms with Gasteiger partial charge in [-0.1, -0.05) is 23.7 Å². The molecule has 0 saturated heterocycles. The number of nitrogens with one attached hydrogen (secondary N) is 1. The SMILES string of the molecule is O=c1[nH]nc(Sc2c(Cl)cccc2CO)n1C1CC1. The molecule has 1 saturated carbocycles. The van der Waals surface area contributed by atoms with Crippen LogP contribution in [0.4, 0.5) is 0 Å². The van der Waals surface area contributed by atoms with Crippen LogP contribution in [0.15, 0.2) is 33.0 Å². The van der Waals surface area contributed by atoms with E-state index in [1.807, 2.05) is 0 Å². The Labute approximate surface area is 118 Å². The summed E-state index contributed by atoms with van der Waals surface area (Å²) in [5.74, 6) is 0. The van der Waals surface area contributed by atoms with Gasteiger partial charge in [-0.05, 0) is 36.2 Å². The van der Waals surface area contributed by atoms with Crippen LogP contribution in [0.2, 0.25) is 5.02 Å². The van der Waals surface area contributed by atoms with Crippen molar-refractivity contribution in [1.29, 1.82) is 0 Å². The maximum absolute atomic E-state index is 11.7. The highest BCUT2D eigenvalue weighted by Crippen LogP contribution is 2.40. The van der Waals surface area contributed by atoms with Crippen molar-refractivity contribution in [3.8, 4) is 0 Å². The zero-order valence-electron chi connectivity index (χ0n) is 9.97. The number of halogens is 1. The molecule has 0 aliphatic heterocycles. The molecule has 1 aromatic heterocycles. The van der Waals surface area contributed by atoms with Crippen LogP contribution >= 0.6 is 23.4 Å². The number of hydrogen-bond donors (Lipinski definition) is 2. The fourth-order valence-electron chi connectivity index (χ4n) is 1.90. The minimum atomic E-state index is -0.192. The van der Waals surface area contributed by atoms with Crippen LogP contribution in [0.5, 0.6) is 0 Å². The number of rotatable bonds is 4. The molecule has 0 bridgehead atoms. The van der Waals surface area contributed by atoms with Gasteiger partial charge in [-0.15, -0.1) is 5.10 Å². The molecule has 0 radical (unpaired) electrons. The van der Waals surface area contributed by atoms with E-state index < -0.39 is 0 Å². The second kappa shape index (κ2) is 5.03. The lowest BCUT2D eigenvalue weighted by atomic mass is 10.2. The maximum atomic E-state index is 11.7. The van der Waals surface area contributed by atoms with Crippen molar-refractivity contribution >= 4 is 23.4 Å². The summed E-state index contributed by atoms with van der Waals surface area (Å²) in [5.41, 5.74) is 0.540. The first-order valence-corrected chi connectivity index (χ1v) is 7.13. The molecule has 0 atom stereocenters. The van der Waals surface area contributed by atoms with Gasteiger partial charge >= 0.3 is 5.69 Å². The third kappa shape index (κ3) is 2.43. The molecule has 2 N–H and O–H groups in total. The van der Waals surface area contributed by atoms with E-state index in [4.69, 9.17) is 11.6 Å². The Morgan fingerprint density at radius 1 is 1.53 bits per heavy atom. The number of hydrogen-bond acceptors (Lipinski definition) is 4. The first-order valence-electron chi connectivity index (χ1n) is 5.93. The van der Waals surface area contributed by atoms with Crippen molar-refractivity contribution in [2.45, 2.75) is 35.5 Å². The van der Waals surface area contributed by atoms with Crippen LogP contribution in [0, 0.1) is 0 Å². The van der Waals surface area contributed by atoms with Crippen LogP contribution in [-0.2, 0) is 6.61 Å². The smallest absolute Gasteiger partial charge is 0.344 e. The Morgan fingerprint density at radius 2 is 2.32 bits per heavy atom. The molecular weight excluding hydrogens is 286 g/mol. The van der Waals surface area contributed by atoms with E-state index in [1.165, 1.54) is 11.8 Å². The number of aromatic nitrogens is 3. The lowest BCUT2D eigenvalue weighted by molar-refractivity contribution is 0.279. The molecule has 100 valence electrons. The predicted molar refractivity (Wildman–Crippen MR) is 72.6 cm³/mol. The second-order valence-corrected chi connectivity index (χ2v) is 5.79. The average molecular weight is 298 g/mol. The quantitative estimate of drug-likeness (QED) is 0.907. The van der Waals surface area contributed by atoms with Crippen molar-refractivity contribution in [2.24, 2.45) is 0 Å². The van der Waals surface area contributed by atoms with E-state index in [0.717, 1.165) is 23.3 Å². The summed E-state index contributed by atoms with van der Waals surface area (Å²) < 4.78 is 1.66. The van der Waals surface area contributed by atoms with E-state index in [-0.39, 0.29) is 18.3 Å². The normalized spacial score (nSPS) is 14.8. The van der Waals surface area contributed by atoms with Crippen molar-refractivity contribution in [3.05, 3.63) is 39.3 Å². The third-order valence-corrected chi connectivity index (χ3v) is 4.58. The van der Waals surface area contributed by atoms with Gasteiger partial charge in [0.25, 0.3) is 0 Å². The summed E-state index contributed by atoms with van der Waals surface area (Å²) in [6, 6.07) is 5.60. The van der Waals surface area contributed by atoms with Crippen LogP contribution in [0.1, 0.15) is 24.4 Å². The number of nitrogens with zero attached hydrogens (tertiary/aromatic N) is 2. The first kappa shape index (κ1) is 12.8. The van der Waals surface area contributed by atoms with Gasteiger partial charge in [-0.25, -0.2) is 9.89 Å². The van der Waals surface area contributed by atoms with Gasteiger partial charge in [0.2, 0.25) is 0 Å². The Hall–Kier alpha value is -1.24. The van der Waals surface area contributed by atoms with Gasteiger partial charge in [0, 0.05) is 10.9 Å². The monoisotopic (exact) mass is 297 g/mol. The number of aromatic amines is 1. The second-order valence-electron chi connectivity index (χ2n) is 4.40. The standard InChI is InChI=1S/C12H12ClN3O2S/c13-9-3-1-2-7(6-17)10(9)19-12-15-14-11(18)16(12)8-4-5-8/h1-3,8,17H,4-6H2,(H,14,18). The van der Waals surface area contributed by atoms with Crippen molar-refractivity contribution in [1.82, 2.24) is 14.8 Å². The highest BCUT2D eigenvalue weighted by Gasteiger charge is 2.29. The molecule has 5 nitrogen and oxygen atoms in total. The van der Waals surface area contributed by atoms with E-state index in [9.17, 15) is 9.90 Å². The van der Waals surface area contributed by atoms with E-state index >= 15 is 0 Å². The molecule has 0 unspecified atom stereocenters. The van der Waals surface area contributed by atoms with E-state index in [1.54, 1.807) is 22.8 Å². The minimum Gasteiger partial charge on any atom is -0.392 e. The van der Waals surface area contributed by atoms with Crippen molar-refractivity contribution in [3.63, 3.8) is 0 Å². The molecule has 3 rings (SSSR count). The fraction of sp³-hybridized carbons (Fsp3) is 0.333. The van der Waals surface area contributed by atoms with Crippen LogP contribution < -0.4 is 5.69 Å². The summed E-state index contributed by atoms with van der Waals surface area (Å²) in [6.07, 6.45) is 2.00. The molecule has 0 amide bonds. The van der Waals surface area contributed by atoms with Gasteiger partial charge in [0.15, 0.2) is 5.16 Å². The topological polar surface area (TPSA) is 70.9 Å². The van der Waals surface area contributed by atoms with Gasteiger partial charge in [-0.3, -0.25) is 4.57 Å². The molecule has 1 heterocycles. The number of H-pyrrole nitrogens is 1. The van der Waals surface area contributed by atoms with Gasteiger partial charge in [0.05, 0.1) is 11.6 Å². The Morgan fingerprint density at radius 3 is 3.00 bits per heavy atom. The molecule has 1 aliphatic rings. The molecule has 1 fully saturated rings. The van der Waals surface area contributed by atoms with Gasteiger partial charge in [0.1, 0.15) is 0 Å². The number of aliphatic hydroxyl groups is 1. The summed E-state index contributed by atoms with van der Waals surface area (Å²) in [7, 11) is 0. The van der Waals surface area contributed by atoms with Crippen LogP contribution in [0.3, 0.4) is 0 Å². The highest BCUT2D eigenvalue weighted by molar-refractivity contribution is 7.99. The number of aliphatic hydroxyl groups excluding tert-OH is 1. The summed E-state index contributed by atoms with van der Waals surface area (Å²) in [5, 5.41) is 17.0. The molecule has 2 aromatic rings. The summed E-state index contributed by atoms with van der Waals surface area (Å²) >= 11 is 7.46. The van der Waals surface area contributed by atoms with Crippen molar-refractivity contribution in [2.75, 3.05) is 0 Å². The molecule has 7 heteroatoms. The minimum absolute atomic E-state index is 0.0963. The molecule has 0 spiro atoms. The molecular formula is C12H12ClN3O2S. The van der Waals surface area contributed by atoms with Crippen molar-refractivity contribution < 1.29 is 5.11 Å². The Kier molecular flexibility index (Phi) is 3.38. The molecule has 1 aromatic carbocycles. The summed E-state index contributed by atoms with van der Waals surface area (Å²) in [6.45, 7) is -0.0963. The molecule has 19 heavy (non-hydrogen) atoms.